The van der Waals surface area contributed by atoms with Crippen LogP contribution in [0.3, 0.4) is 0 Å². The summed E-state index contributed by atoms with van der Waals surface area (Å²) in [5.74, 6) is -0.542. The van der Waals surface area contributed by atoms with Gasteiger partial charge in [-0.1, -0.05) is 36.8 Å². The van der Waals surface area contributed by atoms with Gasteiger partial charge in [0.1, 0.15) is 11.3 Å². The molecule has 0 bridgehead atoms. The highest BCUT2D eigenvalue weighted by atomic mass is 16.3. The van der Waals surface area contributed by atoms with Gasteiger partial charge in [0.2, 0.25) is 0 Å². The predicted molar refractivity (Wildman–Crippen MR) is 105 cm³/mol. The Balaban J connectivity index is 2.14. The standard InChI is InChI=1S/C20H23N5O3/c1-4-15(12-26)22-19(27)17-9-18(14-7-5-13(2)6-8-14)23-25(20(17)28)16-10-21-24(3)11-16/h5-11,15,26H,4,12H2,1-3H3,(H,22,27). The van der Waals surface area contributed by atoms with E-state index < -0.39 is 17.5 Å². The number of carbonyl (C=O) groups is 1. The van der Waals surface area contributed by atoms with Gasteiger partial charge in [-0.15, -0.1) is 0 Å². The average Bonchev–Trinajstić information content (AvgIpc) is 3.12. The third-order valence-corrected chi connectivity index (χ3v) is 4.49. The number of hydrogen-bond acceptors (Lipinski definition) is 5. The Bertz CT molecular complexity index is 1030. The number of aliphatic hydroxyl groups excluding tert-OH is 1. The van der Waals surface area contributed by atoms with E-state index in [1.165, 1.54) is 16.9 Å². The minimum atomic E-state index is -0.547. The quantitative estimate of drug-likeness (QED) is 0.673. The monoisotopic (exact) mass is 381 g/mol. The van der Waals surface area contributed by atoms with Crippen molar-refractivity contribution in [2.24, 2.45) is 7.05 Å². The molecule has 0 fully saturated rings. The minimum Gasteiger partial charge on any atom is -0.394 e. The number of rotatable bonds is 6. The van der Waals surface area contributed by atoms with E-state index >= 15 is 0 Å². The molecular formula is C20H23N5O3. The molecule has 3 rings (SSSR count). The Morgan fingerprint density at radius 3 is 2.57 bits per heavy atom. The molecule has 3 aromatic rings. The summed E-state index contributed by atoms with van der Waals surface area (Å²) >= 11 is 0. The van der Waals surface area contributed by atoms with Crippen LogP contribution in [-0.4, -0.2) is 43.2 Å². The van der Waals surface area contributed by atoms with Crippen LogP contribution in [0.5, 0.6) is 0 Å². The van der Waals surface area contributed by atoms with Crippen LogP contribution < -0.4 is 10.9 Å². The number of aryl methyl sites for hydroxylation is 2. The maximum absolute atomic E-state index is 13.0. The number of nitrogens with one attached hydrogen (secondary N) is 1. The molecule has 8 nitrogen and oxygen atoms in total. The number of benzene rings is 1. The number of aromatic nitrogens is 4. The van der Waals surface area contributed by atoms with Crippen molar-refractivity contribution in [2.45, 2.75) is 26.3 Å². The van der Waals surface area contributed by atoms with Gasteiger partial charge < -0.3 is 10.4 Å². The zero-order valence-electron chi connectivity index (χ0n) is 16.1. The normalized spacial score (nSPS) is 12.0. The van der Waals surface area contributed by atoms with Gasteiger partial charge in [-0.2, -0.15) is 14.9 Å². The smallest absolute Gasteiger partial charge is 0.284 e. The van der Waals surface area contributed by atoms with E-state index in [1.807, 2.05) is 38.1 Å². The van der Waals surface area contributed by atoms with E-state index in [1.54, 1.807) is 17.9 Å². The molecule has 0 aliphatic carbocycles. The van der Waals surface area contributed by atoms with Crippen LogP contribution in [-0.2, 0) is 7.05 Å². The molecule has 146 valence electrons. The molecule has 1 aromatic carbocycles. The maximum atomic E-state index is 13.0. The highest BCUT2D eigenvalue weighted by Crippen LogP contribution is 2.18. The fourth-order valence-electron chi connectivity index (χ4n) is 2.76. The largest absolute Gasteiger partial charge is 0.394 e. The van der Waals surface area contributed by atoms with Gasteiger partial charge in [0.05, 0.1) is 30.7 Å². The lowest BCUT2D eigenvalue weighted by atomic mass is 10.1. The van der Waals surface area contributed by atoms with Gasteiger partial charge in [-0.25, -0.2) is 0 Å². The van der Waals surface area contributed by atoms with Crippen LogP contribution in [0.4, 0.5) is 0 Å². The van der Waals surface area contributed by atoms with Gasteiger partial charge in [-0.3, -0.25) is 14.3 Å². The summed E-state index contributed by atoms with van der Waals surface area (Å²) in [5.41, 5.74) is 2.24. The number of carbonyl (C=O) groups excluding carboxylic acids is 1. The molecule has 1 unspecified atom stereocenters. The number of nitrogens with zero attached hydrogens (tertiary/aromatic N) is 4. The molecule has 0 saturated heterocycles. The van der Waals surface area contributed by atoms with E-state index in [0.29, 0.717) is 17.8 Å². The van der Waals surface area contributed by atoms with E-state index in [2.05, 4.69) is 15.5 Å². The van der Waals surface area contributed by atoms with Gasteiger partial charge in [0.25, 0.3) is 11.5 Å². The second-order valence-electron chi connectivity index (χ2n) is 6.66. The third kappa shape index (κ3) is 4.01. The maximum Gasteiger partial charge on any atom is 0.284 e. The zero-order chi connectivity index (χ0) is 20.3. The number of aliphatic hydroxyl groups is 1. The molecule has 1 amide bonds. The minimum absolute atomic E-state index is 0.0404. The summed E-state index contributed by atoms with van der Waals surface area (Å²) in [6.07, 6.45) is 3.71. The molecule has 0 saturated carbocycles. The summed E-state index contributed by atoms with van der Waals surface area (Å²) < 4.78 is 2.73. The van der Waals surface area contributed by atoms with Crippen LogP contribution in [0.1, 0.15) is 29.3 Å². The predicted octanol–water partition coefficient (Wildman–Crippen LogP) is 1.44. The third-order valence-electron chi connectivity index (χ3n) is 4.49. The Morgan fingerprint density at radius 2 is 2.00 bits per heavy atom. The van der Waals surface area contributed by atoms with Crippen LogP contribution in [0.25, 0.3) is 16.9 Å². The molecule has 2 N–H and O–H groups in total. The van der Waals surface area contributed by atoms with Crippen molar-refractivity contribution in [2.75, 3.05) is 6.61 Å². The van der Waals surface area contributed by atoms with Crippen LogP contribution in [0.2, 0.25) is 0 Å². The zero-order valence-corrected chi connectivity index (χ0v) is 16.1. The van der Waals surface area contributed by atoms with Crippen molar-refractivity contribution < 1.29 is 9.90 Å². The average molecular weight is 381 g/mol. The topological polar surface area (TPSA) is 102 Å². The van der Waals surface area contributed by atoms with Crippen LogP contribution in [0, 0.1) is 6.92 Å². The van der Waals surface area contributed by atoms with E-state index in [0.717, 1.165) is 11.1 Å². The second-order valence-corrected chi connectivity index (χ2v) is 6.66. The van der Waals surface area contributed by atoms with E-state index in [-0.39, 0.29) is 12.2 Å². The second kappa shape index (κ2) is 8.18. The van der Waals surface area contributed by atoms with Crippen molar-refractivity contribution in [1.82, 2.24) is 24.9 Å². The van der Waals surface area contributed by atoms with Gasteiger partial charge in [0, 0.05) is 12.6 Å². The number of amides is 1. The molecule has 28 heavy (non-hydrogen) atoms. The molecule has 0 radical (unpaired) electrons. The lowest BCUT2D eigenvalue weighted by molar-refractivity contribution is 0.0913. The van der Waals surface area contributed by atoms with Gasteiger partial charge in [-0.05, 0) is 19.4 Å². The Morgan fingerprint density at radius 1 is 1.29 bits per heavy atom. The molecule has 2 heterocycles. The first-order valence-corrected chi connectivity index (χ1v) is 9.05. The van der Waals surface area contributed by atoms with Crippen LogP contribution >= 0.6 is 0 Å². The first kappa shape index (κ1) is 19.5. The summed E-state index contributed by atoms with van der Waals surface area (Å²) in [6.45, 7) is 3.63. The summed E-state index contributed by atoms with van der Waals surface area (Å²) in [6, 6.07) is 8.72. The molecule has 8 heteroatoms. The molecule has 2 aromatic heterocycles. The summed E-state index contributed by atoms with van der Waals surface area (Å²) in [7, 11) is 1.74. The van der Waals surface area contributed by atoms with Gasteiger partial charge >= 0.3 is 0 Å². The Kier molecular flexibility index (Phi) is 5.70. The van der Waals surface area contributed by atoms with Crippen molar-refractivity contribution in [3.05, 3.63) is 64.2 Å². The molecular weight excluding hydrogens is 358 g/mol. The van der Waals surface area contributed by atoms with Gasteiger partial charge in [0.15, 0.2) is 0 Å². The van der Waals surface area contributed by atoms with Crippen molar-refractivity contribution in [1.29, 1.82) is 0 Å². The summed E-state index contributed by atoms with van der Waals surface area (Å²) in [5, 5.41) is 20.6. The first-order valence-electron chi connectivity index (χ1n) is 9.05. The Labute approximate surface area is 162 Å². The van der Waals surface area contributed by atoms with Crippen LogP contribution in [0.15, 0.2) is 47.5 Å². The first-order chi connectivity index (χ1) is 13.4. The van der Waals surface area contributed by atoms with E-state index in [9.17, 15) is 14.7 Å². The van der Waals surface area contributed by atoms with E-state index in [4.69, 9.17) is 0 Å². The molecule has 0 aliphatic heterocycles. The highest BCUT2D eigenvalue weighted by Gasteiger charge is 2.20. The lowest BCUT2D eigenvalue weighted by Gasteiger charge is -2.15. The molecule has 1 atom stereocenters. The number of hydrogen-bond donors (Lipinski definition) is 2. The van der Waals surface area contributed by atoms with Crippen molar-refractivity contribution >= 4 is 5.91 Å². The Hall–Kier alpha value is -3.26. The summed E-state index contributed by atoms with van der Waals surface area (Å²) in [4.78, 5) is 25.7. The van der Waals surface area contributed by atoms with Crippen molar-refractivity contribution in [3.8, 4) is 16.9 Å². The SMILES string of the molecule is CCC(CO)NC(=O)c1cc(-c2ccc(C)cc2)nn(-c2cnn(C)c2)c1=O. The molecule has 0 spiro atoms. The fraction of sp³-hybridized carbons (Fsp3) is 0.300. The molecule has 0 aliphatic rings. The fourth-order valence-corrected chi connectivity index (χ4v) is 2.76. The lowest BCUT2D eigenvalue weighted by Crippen LogP contribution is -2.40. The highest BCUT2D eigenvalue weighted by molar-refractivity contribution is 5.95. The van der Waals surface area contributed by atoms with Crippen molar-refractivity contribution in [3.63, 3.8) is 0 Å².